The fourth-order valence-electron chi connectivity index (χ4n) is 2.00. The highest BCUT2D eigenvalue weighted by Gasteiger charge is 2.09. The zero-order valence-electron chi connectivity index (χ0n) is 12.7. The van der Waals surface area contributed by atoms with Crippen molar-refractivity contribution in [3.05, 3.63) is 76.8 Å². The van der Waals surface area contributed by atoms with Gasteiger partial charge in [0.15, 0.2) is 6.73 Å². The average molecular weight is 387 g/mol. The second kappa shape index (κ2) is 7.74. The van der Waals surface area contributed by atoms with Crippen LogP contribution < -0.4 is 10.1 Å². The van der Waals surface area contributed by atoms with Crippen molar-refractivity contribution in [2.24, 2.45) is 0 Å². The lowest BCUT2D eigenvalue weighted by molar-refractivity contribution is 0.0944. The van der Waals surface area contributed by atoms with Gasteiger partial charge in [-0.25, -0.2) is 4.68 Å². The van der Waals surface area contributed by atoms with Gasteiger partial charge < -0.3 is 10.1 Å². The van der Waals surface area contributed by atoms with Gasteiger partial charge in [0.25, 0.3) is 5.91 Å². The monoisotopic (exact) mass is 386 g/mol. The molecule has 1 N–H and O–H groups in total. The Morgan fingerprint density at radius 1 is 1.21 bits per heavy atom. The quantitative estimate of drug-likeness (QED) is 0.706. The van der Waals surface area contributed by atoms with Crippen LogP contribution in [-0.2, 0) is 13.3 Å². The minimum atomic E-state index is -0.235. The van der Waals surface area contributed by atoms with E-state index in [0.717, 1.165) is 15.8 Å². The van der Waals surface area contributed by atoms with Gasteiger partial charge in [0.05, 0.1) is 0 Å². The summed E-state index contributed by atoms with van der Waals surface area (Å²) in [6.45, 7) is 0.645. The number of halogens is 1. The fourth-order valence-corrected chi connectivity index (χ4v) is 2.27. The van der Waals surface area contributed by atoms with E-state index in [1.807, 2.05) is 36.4 Å². The molecule has 0 aliphatic carbocycles. The van der Waals surface area contributed by atoms with Crippen LogP contribution in [0.1, 0.15) is 16.1 Å². The maximum atomic E-state index is 12.1. The first-order valence-electron chi connectivity index (χ1n) is 7.29. The lowest BCUT2D eigenvalue weighted by atomic mass is 10.3. The number of amides is 1. The zero-order valence-corrected chi connectivity index (χ0v) is 14.3. The summed E-state index contributed by atoms with van der Waals surface area (Å²) >= 11 is 3.37. The van der Waals surface area contributed by atoms with Crippen LogP contribution in [0.2, 0.25) is 0 Å². The third kappa shape index (κ3) is 4.42. The molecule has 0 spiro atoms. The number of nitrogens with zero attached hydrogens (tertiary/aromatic N) is 3. The Labute approximate surface area is 147 Å². The van der Waals surface area contributed by atoms with Crippen LogP contribution in [0.25, 0.3) is 0 Å². The van der Waals surface area contributed by atoms with E-state index in [4.69, 9.17) is 4.74 Å². The van der Waals surface area contributed by atoms with Gasteiger partial charge in [-0.3, -0.25) is 9.78 Å². The molecule has 0 atom stereocenters. The Morgan fingerprint density at radius 2 is 2.04 bits per heavy atom. The molecule has 1 aromatic carbocycles. The van der Waals surface area contributed by atoms with Crippen LogP contribution in [0.5, 0.6) is 5.75 Å². The van der Waals surface area contributed by atoms with Crippen molar-refractivity contribution in [1.82, 2.24) is 20.1 Å². The van der Waals surface area contributed by atoms with Crippen molar-refractivity contribution < 1.29 is 9.53 Å². The van der Waals surface area contributed by atoms with E-state index in [9.17, 15) is 4.79 Å². The molecular formula is C17H15BrN4O2. The second-order valence-corrected chi connectivity index (χ2v) is 5.93. The fraction of sp³-hybridized carbons (Fsp3) is 0.118. The molecule has 0 fully saturated rings. The van der Waals surface area contributed by atoms with Crippen molar-refractivity contribution >= 4 is 21.8 Å². The first-order valence-corrected chi connectivity index (χ1v) is 8.09. The SMILES string of the molecule is O=C(NCc1cccnc1)c1ccn(COc2ccc(Br)cc2)n1. The standard InChI is InChI=1S/C17H15BrN4O2/c18-14-3-5-15(6-4-14)24-12-22-9-7-16(21-22)17(23)20-11-13-2-1-8-19-10-13/h1-10H,11-12H2,(H,20,23). The number of aromatic nitrogens is 3. The Bertz CT molecular complexity index is 803. The molecule has 3 rings (SSSR count). The van der Waals surface area contributed by atoms with Crippen molar-refractivity contribution in [2.75, 3.05) is 0 Å². The molecule has 24 heavy (non-hydrogen) atoms. The van der Waals surface area contributed by atoms with E-state index in [1.54, 1.807) is 29.3 Å². The van der Waals surface area contributed by atoms with E-state index in [0.29, 0.717) is 12.2 Å². The van der Waals surface area contributed by atoms with Crippen LogP contribution >= 0.6 is 15.9 Å². The van der Waals surface area contributed by atoms with E-state index >= 15 is 0 Å². The van der Waals surface area contributed by atoms with Gasteiger partial charge in [-0.15, -0.1) is 0 Å². The molecule has 6 nitrogen and oxygen atoms in total. The Morgan fingerprint density at radius 3 is 2.79 bits per heavy atom. The normalized spacial score (nSPS) is 10.4. The zero-order chi connectivity index (χ0) is 16.8. The van der Waals surface area contributed by atoms with Crippen molar-refractivity contribution in [1.29, 1.82) is 0 Å². The number of carbonyl (C=O) groups excluding carboxylic acids is 1. The van der Waals surface area contributed by atoms with E-state index < -0.39 is 0 Å². The van der Waals surface area contributed by atoms with Crippen molar-refractivity contribution in [2.45, 2.75) is 13.3 Å². The molecule has 2 aromatic heterocycles. The first-order chi connectivity index (χ1) is 11.7. The van der Waals surface area contributed by atoms with Crippen LogP contribution in [0.15, 0.2) is 65.5 Å². The predicted octanol–water partition coefficient (Wildman–Crippen LogP) is 3.01. The second-order valence-electron chi connectivity index (χ2n) is 5.01. The summed E-state index contributed by atoms with van der Waals surface area (Å²) in [6.07, 6.45) is 5.11. The molecule has 0 bridgehead atoms. The molecule has 7 heteroatoms. The number of pyridine rings is 1. The van der Waals surface area contributed by atoms with Crippen molar-refractivity contribution in [3.63, 3.8) is 0 Å². The number of nitrogens with one attached hydrogen (secondary N) is 1. The number of carbonyl (C=O) groups is 1. The molecule has 3 aromatic rings. The highest BCUT2D eigenvalue weighted by molar-refractivity contribution is 9.10. The summed E-state index contributed by atoms with van der Waals surface area (Å²) in [6, 6.07) is 12.9. The molecule has 122 valence electrons. The maximum absolute atomic E-state index is 12.1. The molecule has 2 heterocycles. The molecule has 0 radical (unpaired) electrons. The predicted molar refractivity (Wildman–Crippen MR) is 92.4 cm³/mol. The highest BCUT2D eigenvalue weighted by atomic mass is 79.9. The third-order valence-electron chi connectivity index (χ3n) is 3.23. The maximum Gasteiger partial charge on any atom is 0.272 e. The molecule has 0 unspecified atom stereocenters. The van der Waals surface area contributed by atoms with Crippen LogP contribution in [0, 0.1) is 0 Å². The molecular weight excluding hydrogens is 372 g/mol. The van der Waals surface area contributed by atoms with Gasteiger partial charge in [0.2, 0.25) is 0 Å². The largest absolute Gasteiger partial charge is 0.471 e. The van der Waals surface area contributed by atoms with Gasteiger partial charge >= 0.3 is 0 Å². The van der Waals surface area contributed by atoms with Crippen LogP contribution in [0.4, 0.5) is 0 Å². The third-order valence-corrected chi connectivity index (χ3v) is 3.75. The minimum Gasteiger partial charge on any atom is -0.471 e. The van der Waals surface area contributed by atoms with Gasteiger partial charge in [-0.1, -0.05) is 22.0 Å². The van der Waals surface area contributed by atoms with Gasteiger partial charge in [0.1, 0.15) is 11.4 Å². The van der Waals surface area contributed by atoms with E-state index in [-0.39, 0.29) is 12.6 Å². The summed E-state index contributed by atoms with van der Waals surface area (Å²) in [5.74, 6) is 0.498. The van der Waals surface area contributed by atoms with E-state index in [2.05, 4.69) is 31.3 Å². The lowest BCUT2D eigenvalue weighted by Gasteiger charge is -2.06. The number of benzene rings is 1. The summed E-state index contributed by atoms with van der Waals surface area (Å²) in [4.78, 5) is 16.1. The minimum absolute atomic E-state index is 0.234. The van der Waals surface area contributed by atoms with Crippen molar-refractivity contribution in [3.8, 4) is 5.75 Å². The van der Waals surface area contributed by atoms with Gasteiger partial charge in [0, 0.05) is 29.6 Å². The van der Waals surface area contributed by atoms with Gasteiger partial charge in [-0.05, 0) is 42.0 Å². The smallest absolute Gasteiger partial charge is 0.272 e. The number of hydrogen-bond donors (Lipinski definition) is 1. The highest BCUT2D eigenvalue weighted by Crippen LogP contribution is 2.16. The first kappa shape index (κ1) is 16.2. The summed E-state index contributed by atoms with van der Waals surface area (Å²) in [5.41, 5.74) is 1.28. The Hall–Kier alpha value is -2.67. The van der Waals surface area contributed by atoms with Crippen LogP contribution in [-0.4, -0.2) is 20.7 Å². The molecule has 0 aliphatic rings. The molecule has 1 amide bonds. The Kier molecular flexibility index (Phi) is 5.22. The number of hydrogen-bond acceptors (Lipinski definition) is 4. The molecule has 0 aliphatic heterocycles. The molecule has 0 saturated carbocycles. The molecule has 0 saturated heterocycles. The summed E-state index contributed by atoms with van der Waals surface area (Å²) in [7, 11) is 0. The summed E-state index contributed by atoms with van der Waals surface area (Å²) < 4.78 is 8.17. The Balaban J connectivity index is 1.52. The van der Waals surface area contributed by atoms with Gasteiger partial charge in [-0.2, -0.15) is 5.10 Å². The van der Waals surface area contributed by atoms with E-state index in [1.165, 1.54) is 0 Å². The number of rotatable bonds is 6. The average Bonchev–Trinajstić information content (AvgIpc) is 3.09. The topological polar surface area (TPSA) is 69.0 Å². The summed E-state index contributed by atoms with van der Waals surface area (Å²) in [5, 5.41) is 7.02. The number of ether oxygens (including phenoxy) is 1. The lowest BCUT2D eigenvalue weighted by Crippen LogP contribution is -2.23. The van der Waals surface area contributed by atoms with Crippen LogP contribution in [0.3, 0.4) is 0 Å².